The maximum atomic E-state index is 14.4. The smallest absolute Gasteiger partial charge is 0.407 e. The SMILES string of the molecule is CC(C)(C)OC(=O)N[C@@H](CCc1ccccc1)CCC(CCc1ccccc1)(C(=O)OCc1ccccc1)c1ccc([N+](=O)[O-])cn1. The topological polar surface area (TPSA) is 121 Å². The van der Waals surface area contributed by atoms with Gasteiger partial charge in [0.1, 0.15) is 23.8 Å². The molecule has 3 aromatic carbocycles. The lowest BCUT2D eigenvalue weighted by Crippen LogP contribution is -2.43. The molecule has 1 heterocycles. The van der Waals surface area contributed by atoms with Crippen LogP contribution in [0.25, 0.3) is 0 Å². The van der Waals surface area contributed by atoms with Gasteiger partial charge in [0.2, 0.25) is 0 Å². The van der Waals surface area contributed by atoms with Crippen molar-refractivity contribution in [3.8, 4) is 0 Å². The van der Waals surface area contributed by atoms with Crippen LogP contribution in [-0.4, -0.2) is 33.6 Å². The van der Waals surface area contributed by atoms with Crippen LogP contribution in [0.4, 0.5) is 10.5 Å². The summed E-state index contributed by atoms with van der Waals surface area (Å²) >= 11 is 0. The number of hydrogen-bond acceptors (Lipinski definition) is 7. The summed E-state index contributed by atoms with van der Waals surface area (Å²) < 4.78 is 11.6. The number of nitrogens with one attached hydrogen (secondary N) is 1. The van der Waals surface area contributed by atoms with E-state index in [9.17, 15) is 19.7 Å². The van der Waals surface area contributed by atoms with Gasteiger partial charge in [0.15, 0.2) is 0 Å². The van der Waals surface area contributed by atoms with Crippen LogP contribution >= 0.6 is 0 Å². The Labute approximate surface area is 276 Å². The van der Waals surface area contributed by atoms with Crippen LogP contribution in [0.2, 0.25) is 0 Å². The van der Waals surface area contributed by atoms with Gasteiger partial charge >= 0.3 is 12.1 Å². The molecule has 1 amide bonds. The molecular formula is C38H43N3O6. The number of carbonyl (C=O) groups is 2. The molecule has 0 aliphatic heterocycles. The van der Waals surface area contributed by atoms with E-state index >= 15 is 0 Å². The molecule has 246 valence electrons. The number of ether oxygens (including phenoxy) is 2. The summed E-state index contributed by atoms with van der Waals surface area (Å²) in [7, 11) is 0. The quantitative estimate of drug-likeness (QED) is 0.0799. The average Bonchev–Trinajstić information content (AvgIpc) is 3.07. The minimum Gasteiger partial charge on any atom is -0.460 e. The van der Waals surface area contributed by atoms with Gasteiger partial charge in [0.25, 0.3) is 5.69 Å². The summed E-state index contributed by atoms with van der Waals surface area (Å²) in [4.78, 5) is 42.8. The monoisotopic (exact) mass is 637 g/mol. The van der Waals surface area contributed by atoms with E-state index in [-0.39, 0.29) is 24.8 Å². The molecule has 4 rings (SSSR count). The van der Waals surface area contributed by atoms with Gasteiger partial charge in [-0.3, -0.25) is 19.9 Å². The number of esters is 1. The molecule has 0 fully saturated rings. The van der Waals surface area contributed by atoms with Crippen LogP contribution in [-0.2, 0) is 39.1 Å². The lowest BCUT2D eigenvalue weighted by Gasteiger charge is -2.33. The molecule has 0 saturated carbocycles. The second-order valence-corrected chi connectivity index (χ2v) is 12.7. The molecule has 0 saturated heterocycles. The van der Waals surface area contributed by atoms with Crippen molar-refractivity contribution in [1.29, 1.82) is 0 Å². The van der Waals surface area contributed by atoms with Crippen LogP contribution < -0.4 is 5.32 Å². The molecule has 2 atom stereocenters. The highest BCUT2D eigenvalue weighted by Crippen LogP contribution is 2.37. The van der Waals surface area contributed by atoms with Crippen molar-refractivity contribution in [2.75, 3.05) is 0 Å². The molecule has 1 unspecified atom stereocenters. The molecule has 47 heavy (non-hydrogen) atoms. The fourth-order valence-electron chi connectivity index (χ4n) is 5.50. The number of hydrogen-bond donors (Lipinski definition) is 1. The van der Waals surface area contributed by atoms with Crippen LogP contribution in [0.3, 0.4) is 0 Å². The lowest BCUT2D eigenvalue weighted by molar-refractivity contribution is -0.385. The number of rotatable bonds is 15. The maximum Gasteiger partial charge on any atom is 0.407 e. The fourth-order valence-corrected chi connectivity index (χ4v) is 5.50. The van der Waals surface area contributed by atoms with E-state index in [0.29, 0.717) is 37.8 Å². The summed E-state index contributed by atoms with van der Waals surface area (Å²) in [6.07, 6.45) is 3.50. The molecule has 0 aliphatic carbocycles. The minimum atomic E-state index is -1.26. The van der Waals surface area contributed by atoms with E-state index < -0.39 is 28.0 Å². The number of alkyl carbamates (subject to hydrolysis) is 1. The number of aromatic nitrogens is 1. The Hall–Kier alpha value is -5.05. The Morgan fingerprint density at radius 1 is 0.787 bits per heavy atom. The van der Waals surface area contributed by atoms with E-state index in [1.54, 1.807) is 6.07 Å². The largest absolute Gasteiger partial charge is 0.460 e. The first-order valence-electron chi connectivity index (χ1n) is 15.9. The van der Waals surface area contributed by atoms with Gasteiger partial charge in [-0.1, -0.05) is 91.0 Å². The van der Waals surface area contributed by atoms with E-state index in [0.717, 1.165) is 16.7 Å². The van der Waals surface area contributed by atoms with E-state index in [1.807, 2.05) is 112 Å². The number of benzene rings is 3. The normalized spacial score (nSPS) is 13.2. The lowest BCUT2D eigenvalue weighted by atomic mass is 9.74. The van der Waals surface area contributed by atoms with Crippen molar-refractivity contribution in [3.05, 3.63) is 142 Å². The van der Waals surface area contributed by atoms with E-state index in [4.69, 9.17) is 9.47 Å². The average molecular weight is 638 g/mol. The maximum absolute atomic E-state index is 14.4. The van der Waals surface area contributed by atoms with Crippen molar-refractivity contribution in [1.82, 2.24) is 10.3 Å². The first kappa shape index (κ1) is 34.8. The predicted molar refractivity (Wildman–Crippen MR) is 181 cm³/mol. The van der Waals surface area contributed by atoms with E-state index in [2.05, 4.69) is 10.3 Å². The minimum absolute atomic E-state index is 0.0628. The first-order valence-corrected chi connectivity index (χ1v) is 15.9. The van der Waals surface area contributed by atoms with Crippen LogP contribution in [0.5, 0.6) is 0 Å². The van der Waals surface area contributed by atoms with Crippen LogP contribution in [0, 0.1) is 10.1 Å². The Morgan fingerprint density at radius 2 is 1.36 bits per heavy atom. The van der Waals surface area contributed by atoms with Gasteiger partial charge in [-0.25, -0.2) is 4.79 Å². The van der Waals surface area contributed by atoms with Gasteiger partial charge in [-0.2, -0.15) is 0 Å². The number of nitrogens with zero attached hydrogens (tertiary/aromatic N) is 2. The summed E-state index contributed by atoms with van der Waals surface area (Å²) in [5, 5.41) is 14.5. The van der Waals surface area contributed by atoms with Crippen molar-refractivity contribution < 1.29 is 24.0 Å². The Bertz CT molecular complexity index is 1580. The molecular weight excluding hydrogens is 594 g/mol. The summed E-state index contributed by atoms with van der Waals surface area (Å²) in [5.41, 5.74) is 1.26. The molecule has 9 nitrogen and oxygen atoms in total. The zero-order chi connectivity index (χ0) is 33.7. The molecule has 0 spiro atoms. The zero-order valence-electron chi connectivity index (χ0n) is 27.3. The Kier molecular flexibility index (Phi) is 12.2. The molecule has 4 aromatic rings. The highest BCUT2D eigenvalue weighted by atomic mass is 16.6. The fraction of sp³-hybridized carbons (Fsp3) is 0.342. The number of nitro groups is 1. The standard InChI is InChI=1S/C38H43N3O6/c1-37(2,3)47-36(43)40-32(20-19-29-13-7-4-8-14-29)24-26-38(25-23-30-15-9-5-10-16-30,34-22-21-33(27-39-34)41(44)45)35(42)46-28-31-17-11-6-12-18-31/h4-18,21-22,27,32H,19-20,23-26,28H2,1-3H3,(H,40,43)/t32-,38?/m0/s1. The molecule has 9 heteroatoms. The molecule has 1 N–H and O–H groups in total. The van der Waals surface area contributed by atoms with Gasteiger partial charge < -0.3 is 14.8 Å². The third kappa shape index (κ3) is 10.8. The van der Waals surface area contributed by atoms with Crippen molar-refractivity contribution in [3.63, 3.8) is 0 Å². The number of carbonyl (C=O) groups excluding carboxylic acids is 2. The molecule has 0 radical (unpaired) electrons. The van der Waals surface area contributed by atoms with Gasteiger partial charge in [0, 0.05) is 12.1 Å². The molecule has 0 aliphatic rings. The van der Waals surface area contributed by atoms with Gasteiger partial charge in [-0.15, -0.1) is 0 Å². The van der Waals surface area contributed by atoms with Gasteiger partial charge in [-0.05, 0) is 82.1 Å². The number of aryl methyl sites for hydroxylation is 2. The third-order valence-corrected chi connectivity index (χ3v) is 8.00. The Morgan fingerprint density at radius 3 is 1.89 bits per heavy atom. The van der Waals surface area contributed by atoms with Gasteiger partial charge in [0.05, 0.1) is 10.6 Å². The molecule has 0 bridgehead atoms. The summed E-state index contributed by atoms with van der Waals surface area (Å²) in [6, 6.07) is 31.8. The van der Waals surface area contributed by atoms with Crippen LogP contribution in [0.1, 0.15) is 68.8 Å². The Balaban J connectivity index is 1.69. The van der Waals surface area contributed by atoms with Crippen molar-refractivity contribution in [2.24, 2.45) is 0 Å². The summed E-state index contributed by atoms with van der Waals surface area (Å²) in [6.45, 7) is 5.49. The third-order valence-electron chi connectivity index (χ3n) is 8.00. The highest BCUT2D eigenvalue weighted by molar-refractivity contribution is 5.83. The molecule has 1 aromatic heterocycles. The second-order valence-electron chi connectivity index (χ2n) is 12.7. The van der Waals surface area contributed by atoms with Crippen molar-refractivity contribution >= 4 is 17.7 Å². The van der Waals surface area contributed by atoms with E-state index in [1.165, 1.54) is 12.3 Å². The van der Waals surface area contributed by atoms with Crippen LogP contribution in [0.15, 0.2) is 109 Å². The highest BCUT2D eigenvalue weighted by Gasteiger charge is 2.43. The van der Waals surface area contributed by atoms with Crippen molar-refractivity contribution in [2.45, 2.75) is 83.0 Å². The zero-order valence-corrected chi connectivity index (χ0v) is 27.3. The first-order chi connectivity index (χ1) is 22.5. The predicted octanol–water partition coefficient (Wildman–Crippen LogP) is 7.91. The number of pyridine rings is 1. The number of amides is 1. The summed E-state index contributed by atoms with van der Waals surface area (Å²) in [5.74, 6) is -0.474. The second kappa shape index (κ2) is 16.5.